The summed E-state index contributed by atoms with van der Waals surface area (Å²) in [7, 11) is 0. The number of nitrogens with zero attached hydrogens (tertiary/aromatic N) is 2. The van der Waals surface area contributed by atoms with Gasteiger partial charge in [0, 0.05) is 34.9 Å². The number of aromatic nitrogens is 1. The first kappa shape index (κ1) is 21.5. The van der Waals surface area contributed by atoms with Crippen molar-refractivity contribution in [1.82, 2.24) is 15.2 Å². The molecule has 5 nitrogen and oxygen atoms in total. The molecule has 3 heterocycles. The summed E-state index contributed by atoms with van der Waals surface area (Å²) < 4.78 is 5.85. The maximum atomic E-state index is 12.9. The van der Waals surface area contributed by atoms with Gasteiger partial charge in [0.1, 0.15) is 12.4 Å². The minimum Gasteiger partial charge on any atom is -0.489 e. The van der Waals surface area contributed by atoms with Gasteiger partial charge in [-0.1, -0.05) is 25.1 Å². The standard InChI is InChI=1S/C25H29N3O2S/c1-19-9-12-28(13-10-19)23(24-8-4-14-31-24)17-27-25(29)21-6-2-7-22(15-21)30-18-20-5-3-11-26-16-20/h2-8,11,14-16,19,23H,9-10,12-13,17-18H2,1H3,(H,27,29). The molecule has 1 aliphatic rings. The Morgan fingerprint density at radius 1 is 1.23 bits per heavy atom. The predicted molar refractivity (Wildman–Crippen MR) is 124 cm³/mol. The summed E-state index contributed by atoms with van der Waals surface area (Å²) in [6.07, 6.45) is 5.95. The molecule has 31 heavy (non-hydrogen) atoms. The largest absolute Gasteiger partial charge is 0.489 e. The number of likely N-dealkylation sites (tertiary alicyclic amines) is 1. The van der Waals surface area contributed by atoms with Crippen molar-refractivity contribution in [2.24, 2.45) is 5.92 Å². The van der Waals surface area contributed by atoms with Crippen molar-refractivity contribution in [1.29, 1.82) is 0 Å². The molecule has 1 atom stereocenters. The summed E-state index contributed by atoms with van der Waals surface area (Å²) in [5.74, 6) is 1.39. The van der Waals surface area contributed by atoms with Gasteiger partial charge in [0.15, 0.2) is 0 Å². The molecule has 1 fully saturated rings. The summed E-state index contributed by atoms with van der Waals surface area (Å²) in [6, 6.07) is 15.7. The van der Waals surface area contributed by atoms with E-state index in [9.17, 15) is 4.79 Å². The second-order valence-electron chi connectivity index (χ2n) is 8.14. The van der Waals surface area contributed by atoms with Gasteiger partial charge in [-0.3, -0.25) is 14.7 Å². The number of pyridine rings is 1. The SMILES string of the molecule is CC1CCN(C(CNC(=O)c2cccc(OCc3cccnc3)c2)c2cccs2)CC1. The molecule has 0 radical (unpaired) electrons. The molecule has 0 spiro atoms. The molecule has 3 aromatic rings. The normalized spacial score (nSPS) is 16.0. The number of ether oxygens (including phenoxy) is 1. The Labute approximate surface area is 188 Å². The second kappa shape index (κ2) is 10.6. The van der Waals surface area contributed by atoms with Crippen LogP contribution in [0.2, 0.25) is 0 Å². The van der Waals surface area contributed by atoms with Crippen molar-refractivity contribution in [2.75, 3.05) is 19.6 Å². The van der Waals surface area contributed by atoms with E-state index in [1.165, 1.54) is 17.7 Å². The van der Waals surface area contributed by atoms with Crippen LogP contribution in [0.15, 0.2) is 66.3 Å². The number of hydrogen-bond acceptors (Lipinski definition) is 5. The topological polar surface area (TPSA) is 54.5 Å². The summed E-state index contributed by atoms with van der Waals surface area (Å²) in [4.78, 5) is 20.8. The zero-order valence-corrected chi connectivity index (χ0v) is 18.7. The number of benzene rings is 1. The van der Waals surface area contributed by atoms with E-state index in [2.05, 4.69) is 39.6 Å². The fourth-order valence-corrected chi connectivity index (χ4v) is 4.76. The minimum absolute atomic E-state index is 0.0706. The molecule has 0 saturated carbocycles. The average molecular weight is 436 g/mol. The van der Waals surface area contributed by atoms with Crippen molar-refractivity contribution >= 4 is 17.2 Å². The van der Waals surface area contributed by atoms with Crippen molar-refractivity contribution in [3.05, 3.63) is 82.3 Å². The van der Waals surface area contributed by atoms with Gasteiger partial charge >= 0.3 is 0 Å². The Morgan fingerprint density at radius 3 is 2.84 bits per heavy atom. The molecule has 2 aromatic heterocycles. The highest BCUT2D eigenvalue weighted by Gasteiger charge is 2.25. The summed E-state index contributed by atoms with van der Waals surface area (Å²) in [5.41, 5.74) is 1.60. The van der Waals surface area contributed by atoms with E-state index in [4.69, 9.17) is 4.74 Å². The molecule has 1 aliphatic heterocycles. The lowest BCUT2D eigenvalue weighted by molar-refractivity contribution is 0.0914. The smallest absolute Gasteiger partial charge is 0.251 e. The van der Waals surface area contributed by atoms with E-state index < -0.39 is 0 Å². The highest BCUT2D eigenvalue weighted by molar-refractivity contribution is 7.10. The Hall–Kier alpha value is -2.70. The molecule has 4 rings (SSSR count). The van der Waals surface area contributed by atoms with E-state index >= 15 is 0 Å². The van der Waals surface area contributed by atoms with Gasteiger partial charge in [-0.25, -0.2) is 0 Å². The lowest BCUT2D eigenvalue weighted by Gasteiger charge is -2.36. The van der Waals surface area contributed by atoms with Gasteiger partial charge in [0.2, 0.25) is 0 Å². The van der Waals surface area contributed by atoms with Crippen molar-refractivity contribution in [3.8, 4) is 5.75 Å². The summed E-state index contributed by atoms with van der Waals surface area (Å²) in [6.45, 7) is 5.51. The average Bonchev–Trinajstić information content (AvgIpc) is 3.34. The Balaban J connectivity index is 1.37. The Kier molecular flexibility index (Phi) is 7.33. The first-order chi connectivity index (χ1) is 15.2. The number of carbonyl (C=O) groups excluding carboxylic acids is 1. The number of rotatable bonds is 8. The summed E-state index contributed by atoms with van der Waals surface area (Å²) >= 11 is 1.76. The van der Waals surface area contributed by atoms with E-state index in [0.717, 1.165) is 24.6 Å². The van der Waals surface area contributed by atoms with Gasteiger partial charge in [-0.05, 0) is 67.6 Å². The van der Waals surface area contributed by atoms with E-state index in [1.807, 2.05) is 30.3 Å². The third-order valence-electron chi connectivity index (χ3n) is 5.81. The molecular formula is C25H29N3O2S. The molecule has 0 bridgehead atoms. The fraction of sp³-hybridized carbons (Fsp3) is 0.360. The van der Waals surface area contributed by atoms with Crippen LogP contribution in [0.5, 0.6) is 5.75 Å². The van der Waals surface area contributed by atoms with Gasteiger partial charge in [0.05, 0.1) is 6.04 Å². The molecule has 1 amide bonds. The highest BCUT2D eigenvalue weighted by Crippen LogP contribution is 2.29. The molecule has 1 N–H and O–H groups in total. The van der Waals surface area contributed by atoms with Crippen molar-refractivity contribution < 1.29 is 9.53 Å². The molecular weight excluding hydrogens is 406 g/mol. The fourth-order valence-electron chi connectivity index (χ4n) is 3.90. The van der Waals surface area contributed by atoms with Gasteiger partial charge in [-0.2, -0.15) is 0 Å². The molecule has 6 heteroatoms. The Bertz CT molecular complexity index is 954. The first-order valence-corrected chi connectivity index (χ1v) is 11.7. The zero-order valence-electron chi connectivity index (χ0n) is 17.9. The number of amides is 1. The highest BCUT2D eigenvalue weighted by atomic mass is 32.1. The van der Waals surface area contributed by atoms with Gasteiger partial charge in [-0.15, -0.1) is 11.3 Å². The number of nitrogens with one attached hydrogen (secondary N) is 1. The van der Waals surface area contributed by atoms with E-state index in [1.54, 1.807) is 29.8 Å². The lowest BCUT2D eigenvalue weighted by Crippen LogP contribution is -2.41. The maximum Gasteiger partial charge on any atom is 0.251 e. The third kappa shape index (κ3) is 5.93. The Morgan fingerprint density at radius 2 is 2.10 bits per heavy atom. The third-order valence-corrected chi connectivity index (χ3v) is 6.78. The first-order valence-electron chi connectivity index (χ1n) is 10.9. The second-order valence-corrected chi connectivity index (χ2v) is 9.12. The van der Waals surface area contributed by atoms with Crippen LogP contribution in [0.3, 0.4) is 0 Å². The maximum absolute atomic E-state index is 12.9. The van der Waals surface area contributed by atoms with Crippen LogP contribution in [0.1, 0.15) is 46.6 Å². The van der Waals surface area contributed by atoms with Crippen molar-refractivity contribution in [3.63, 3.8) is 0 Å². The molecule has 0 aliphatic carbocycles. The monoisotopic (exact) mass is 435 g/mol. The van der Waals surface area contributed by atoms with Crippen LogP contribution in [0.4, 0.5) is 0 Å². The van der Waals surface area contributed by atoms with Crippen LogP contribution in [0, 0.1) is 5.92 Å². The van der Waals surface area contributed by atoms with E-state index in [0.29, 0.717) is 24.5 Å². The predicted octanol–water partition coefficient (Wildman–Crippen LogP) is 4.93. The minimum atomic E-state index is -0.0706. The molecule has 1 unspecified atom stereocenters. The molecule has 162 valence electrons. The number of thiophene rings is 1. The van der Waals surface area contributed by atoms with Gasteiger partial charge < -0.3 is 10.1 Å². The van der Waals surface area contributed by atoms with Crippen LogP contribution >= 0.6 is 11.3 Å². The van der Waals surface area contributed by atoms with Gasteiger partial charge in [0.25, 0.3) is 5.91 Å². The summed E-state index contributed by atoms with van der Waals surface area (Å²) in [5, 5.41) is 5.27. The molecule has 1 saturated heterocycles. The van der Waals surface area contributed by atoms with Crippen LogP contribution in [-0.4, -0.2) is 35.4 Å². The molecule has 1 aromatic carbocycles. The number of piperidine rings is 1. The quantitative estimate of drug-likeness (QED) is 0.545. The van der Waals surface area contributed by atoms with Crippen LogP contribution in [0.25, 0.3) is 0 Å². The zero-order chi connectivity index (χ0) is 21.5. The lowest BCUT2D eigenvalue weighted by atomic mass is 9.97. The van der Waals surface area contributed by atoms with Crippen LogP contribution in [-0.2, 0) is 6.61 Å². The van der Waals surface area contributed by atoms with Crippen LogP contribution < -0.4 is 10.1 Å². The van der Waals surface area contributed by atoms with E-state index in [-0.39, 0.29) is 11.9 Å². The van der Waals surface area contributed by atoms with Crippen molar-refractivity contribution in [2.45, 2.75) is 32.4 Å². The number of hydrogen-bond donors (Lipinski definition) is 1. The number of carbonyl (C=O) groups is 1.